The summed E-state index contributed by atoms with van der Waals surface area (Å²) in [6, 6.07) is 9.87. The molecule has 1 saturated heterocycles. The van der Waals surface area contributed by atoms with Crippen LogP contribution in [0.15, 0.2) is 30.3 Å². The molecule has 1 aliphatic heterocycles. The molecule has 28 heavy (non-hydrogen) atoms. The van der Waals surface area contributed by atoms with Gasteiger partial charge in [0.1, 0.15) is 6.10 Å². The minimum atomic E-state index is -0.544. The van der Waals surface area contributed by atoms with Gasteiger partial charge in [-0.3, -0.25) is 4.90 Å². The molecule has 0 N–H and O–H groups in total. The van der Waals surface area contributed by atoms with Gasteiger partial charge in [0, 0.05) is 41.8 Å². The van der Waals surface area contributed by atoms with Crippen molar-refractivity contribution in [2.45, 2.75) is 18.6 Å². The lowest BCUT2D eigenvalue weighted by Gasteiger charge is -2.38. The molecule has 2 aromatic carbocycles. The summed E-state index contributed by atoms with van der Waals surface area (Å²) in [6.07, 6.45) is 0.356. The topological polar surface area (TPSA) is 39.5 Å². The fourth-order valence-electron chi connectivity index (χ4n) is 4.03. The molecule has 1 fully saturated rings. The van der Waals surface area contributed by atoms with Gasteiger partial charge in [-0.25, -0.2) is 4.39 Å². The van der Waals surface area contributed by atoms with Gasteiger partial charge in [0.15, 0.2) is 11.6 Å². The van der Waals surface area contributed by atoms with Gasteiger partial charge < -0.3 is 9.64 Å². The van der Waals surface area contributed by atoms with E-state index in [4.69, 9.17) is 33.2 Å². The van der Waals surface area contributed by atoms with E-state index in [1.165, 1.54) is 12.1 Å². The number of hydrogen-bond donors (Lipinski definition) is 0. The van der Waals surface area contributed by atoms with Crippen LogP contribution in [0.2, 0.25) is 10.0 Å². The van der Waals surface area contributed by atoms with Crippen LogP contribution in [0.5, 0.6) is 5.75 Å². The van der Waals surface area contributed by atoms with E-state index in [0.29, 0.717) is 10.0 Å². The van der Waals surface area contributed by atoms with E-state index < -0.39 is 5.82 Å². The van der Waals surface area contributed by atoms with E-state index in [1.807, 2.05) is 12.1 Å². The quantitative estimate of drug-likeness (QED) is 0.743. The average Bonchev–Trinajstić information content (AvgIpc) is 3.02. The van der Waals surface area contributed by atoms with Crippen molar-refractivity contribution in [3.8, 4) is 11.8 Å². The van der Waals surface area contributed by atoms with Crippen molar-refractivity contribution in [2.75, 3.05) is 33.2 Å². The molecule has 0 amide bonds. The van der Waals surface area contributed by atoms with Crippen LogP contribution in [0.3, 0.4) is 0 Å². The molecule has 0 unspecified atom stereocenters. The molecule has 2 aromatic rings. The van der Waals surface area contributed by atoms with Crippen molar-refractivity contribution in [1.82, 2.24) is 9.80 Å². The van der Waals surface area contributed by atoms with Gasteiger partial charge in [0.2, 0.25) is 0 Å². The summed E-state index contributed by atoms with van der Waals surface area (Å²) in [5, 5.41) is 10.1. The average molecular weight is 420 g/mol. The Morgan fingerprint density at radius 3 is 2.57 bits per heavy atom. The van der Waals surface area contributed by atoms with Crippen LogP contribution in [0.25, 0.3) is 0 Å². The highest BCUT2D eigenvalue weighted by Crippen LogP contribution is 2.43. The molecule has 0 aromatic heterocycles. The van der Waals surface area contributed by atoms with Crippen LogP contribution in [0.1, 0.15) is 22.8 Å². The van der Waals surface area contributed by atoms with Crippen molar-refractivity contribution >= 4 is 23.2 Å². The van der Waals surface area contributed by atoms with E-state index >= 15 is 0 Å². The normalized spacial score (nSPS) is 22.7. The number of halogens is 3. The largest absolute Gasteiger partial charge is 0.481 e. The summed E-state index contributed by atoms with van der Waals surface area (Å²) in [5.74, 6) is -0.412. The maximum absolute atomic E-state index is 14.5. The van der Waals surface area contributed by atoms with E-state index in [0.717, 1.165) is 43.7 Å². The van der Waals surface area contributed by atoms with Crippen LogP contribution in [-0.4, -0.2) is 49.1 Å². The highest BCUT2D eigenvalue weighted by atomic mass is 35.5. The maximum Gasteiger partial charge on any atom is 0.166 e. The lowest BCUT2D eigenvalue weighted by Crippen LogP contribution is -2.51. The lowest BCUT2D eigenvalue weighted by molar-refractivity contribution is 0.0437. The van der Waals surface area contributed by atoms with Crippen LogP contribution in [0.4, 0.5) is 4.39 Å². The Morgan fingerprint density at radius 1 is 1.14 bits per heavy atom. The Kier molecular flexibility index (Phi) is 5.48. The number of nitrogens with zero attached hydrogens (tertiary/aromatic N) is 3. The number of likely N-dealkylation sites (N-methyl/N-ethyl adjacent to an activating group) is 1. The zero-order valence-electron chi connectivity index (χ0n) is 15.5. The van der Waals surface area contributed by atoms with Gasteiger partial charge in [-0.1, -0.05) is 23.2 Å². The molecule has 146 valence electrons. The van der Waals surface area contributed by atoms with Crippen molar-refractivity contribution in [3.63, 3.8) is 0 Å². The first kappa shape index (κ1) is 19.5. The zero-order chi connectivity index (χ0) is 19.8. The van der Waals surface area contributed by atoms with Gasteiger partial charge in [-0.2, -0.15) is 5.26 Å². The van der Waals surface area contributed by atoms with E-state index in [-0.39, 0.29) is 23.5 Å². The Morgan fingerprint density at radius 2 is 1.89 bits per heavy atom. The molecule has 0 saturated carbocycles. The first-order valence-electron chi connectivity index (χ1n) is 9.23. The monoisotopic (exact) mass is 419 g/mol. The van der Waals surface area contributed by atoms with Gasteiger partial charge in [0.25, 0.3) is 0 Å². The molecule has 0 bridgehead atoms. The predicted molar refractivity (Wildman–Crippen MR) is 108 cm³/mol. The fourth-order valence-corrected chi connectivity index (χ4v) is 4.62. The lowest BCUT2D eigenvalue weighted by atomic mass is 10.1. The van der Waals surface area contributed by atoms with Crippen molar-refractivity contribution in [1.29, 1.82) is 5.26 Å². The summed E-state index contributed by atoms with van der Waals surface area (Å²) in [6.45, 7) is 3.77. The molecule has 0 radical (unpaired) electrons. The Bertz CT molecular complexity index is 938. The highest BCUT2D eigenvalue weighted by Gasteiger charge is 2.40. The second-order valence-corrected chi connectivity index (χ2v) is 8.21. The standard InChI is InChI=1S/C21H20Cl2FN3O/c1-26-4-6-27(7-5-26)19-11-15-16(9-14(22)10-17(15)23)21(19)28-20-3-2-13(12-25)8-18(20)24/h2-3,8-10,19,21H,4-7,11H2,1H3/t19-,21-/m0/s1. The number of piperazine rings is 1. The molecule has 0 spiro atoms. The number of rotatable bonds is 3. The molecule has 4 rings (SSSR count). The van der Waals surface area contributed by atoms with E-state index in [9.17, 15) is 4.39 Å². The Balaban J connectivity index is 1.69. The van der Waals surface area contributed by atoms with E-state index in [2.05, 4.69) is 16.8 Å². The van der Waals surface area contributed by atoms with Crippen molar-refractivity contribution in [2.24, 2.45) is 0 Å². The predicted octanol–water partition coefficient (Wildman–Crippen LogP) is 4.30. The number of ether oxygens (including phenoxy) is 1. The molecular formula is C21H20Cl2FN3O. The van der Waals surface area contributed by atoms with Crippen LogP contribution in [0, 0.1) is 17.1 Å². The molecule has 4 nitrogen and oxygen atoms in total. The fraction of sp³-hybridized carbons (Fsp3) is 0.381. The zero-order valence-corrected chi connectivity index (χ0v) is 17.0. The third-order valence-corrected chi connectivity index (χ3v) is 6.14. The van der Waals surface area contributed by atoms with Gasteiger partial charge in [-0.15, -0.1) is 0 Å². The SMILES string of the molecule is CN1CCN([C@H]2Cc3c(Cl)cc(Cl)cc3[C@@H]2Oc2ccc(C#N)cc2F)CC1. The summed E-state index contributed by atoms with van der Waals surface area (Å²) in [7, 11) is 2.11. The van der Waals surface area contributed by atoms with E-state index in [1.54, 1.807) is 12.1 Å². The van der Waals surface area contributed by atoms with Crippen LogP contribution < -0.4 is 4.74 Å². The summed E-state index contributed by atoms with van der Waals surface area (Å²) in [5.41, 5.74) is 2.18. The second-order valence-electron chi connectivity index (χ2n) is 7.36. The molecule has 1 heterocycles. The van der Waals surface area contributed by atoms with Gasteiger partial charge >= 0.3 is 0 Å². The minimum absolute atomic E-state index is 0.0507. The Hall–Kier alpha value is -1.84. The van der Waals surface area contributed by atoms with Crippen molar-refractivity contribution < 1.29 is 9.13 Å². The molecular weight excluding hydrogens is 400 g/mol. The number of nitriles is 1. The first-order chi connectivity index (χ1) is 13.5. The summed E-state index contributed by atoms with van der Waals surface area (Å²) >= 11 is 12.7. The molecule has 1 aliphatic carbocycles. The third kappa shape index (κ3) is 3.70. The third-order valence-electron chi connectivity index (χ3n) is 5.59. The number of benzene rings is 2. The smallest absolute Gasteiger partial charge is 0.166 e. The summed E-state index contributed by atoms with van der Waals surface area (Å²) < 4.78 is 20.7. The van der Waals surface area contributed by atoms with Crippen molar-refractivity contribution in [3.05, 3.63) is 62.9 Å². The van der Waals surface area contributed by atoms with Gasteiger partial charge in [0.05, 0.1) is 17.7 Å². The minimum Gasteiger partial charge on any atom is -0.481 e. The first-order valence-corrected chi connectivity index (χ1v) is 9.98. The molecule has 7 heteroatoms. The highest BCUT2D eigenvalue weighted by molar-refractivity contribution is 6.35. The van der Waals surface area contributed by atoms with Gasteiger partial charge in [-0.05, 0) is 49.4 Å². The second kappa shape index (κ2) is 7.88. The number of hydrogen-bond acceptors (Lipinski definition) is 4. The maximum atomic E-state index is 14.5. The summed E-state index contributed by atoms with van der Waals surface area (Å²) in [4.78, 5) is 4.68. The van der Waals surface area contributed by atoms with Crippen LogP contribution in [-0.2, 0) is 6.42 Å². The Labute approximate surface area is 174 Å². The number of fused-ring (bicyclic) bond motifs is 1. The molecule has 2 aliphatic rings. The van der Waals surface area contributed by atoms with Crippen LogP contribution >= 0.6 is 23.2 Å². The molecule has 2 atom stereocenters.